The second kappa shape index (κ2) is 15.4. The van der Waals surface area contributed by atoms with Crippen LogP contribution >= 0.6 is 0 Å². The average Bonchev–Trinajstić information content (AvgIpc) is 3.68. The smallest absolute Gasteiger partial charge is 0.257 e. The molecule has 7 rings (SSSR count). The number of methoxy groups -OCH3 is 2. The fourth-order valence-corrected chi connectivity index (χ4v) is 8.02. The molecule has 0 radical (unpaired) electrons. The van der Waals surface area contributed by atoms with Crippen LogP contribution in [0.3, 0.4) is 0 Å². The van der Waals surface area contributed by atoms with Gasteiger partial charge in [0.15, 0.2) is 0 Å². The van der Waals surface area contributed by atoms with Crippen LogP contribution in [-0.4, -0.2) is 109 Å². The van der Waals surface area contributed by atoms with Gasteiger partial charge in [-0.2, -0.15) is 0 Å². The van der Waals surface area contributed by atoms with Crippen LogP contribution in [0.1, 0.15) is 64.2 Å². The minimum atomic E-state index is -0.197. The number of aromatic nitrogens is 1. The number of amides is 4. The molecule has 0 saturated carbocycles. The molecule has 278 valence electrons. The largest absolute Gasteiger partial charge is 0.496 e. The van der Waals surface area contributed by atoms with E-state index >= 15 is 0 Å². The van der Waals surface area contributed by atoms with Gasteiger partial charge in [-0.1, -0.05) is 24.3 Å². The first kappa shape index (κ1) is 36.1. The van der Waals surface area contributed by atoms with Crippen molar-refractivity contribution in [3.05, 3.63) is 80.8 Å². The van der Waals surface area contributed by atoms with E-state index in [4.69, 9.17) is 9.47 Å². The summed E-state index contributed by atoms with van der Waals surface area (Å²) in [4.78, 5) is 73.6. The molecule has 1 N–H and O–H groups in total. The summed E-state index contributed by atoms with van der Waals surface area (Å²) in [6.07, 6.45) is 7.01. The van der Waals surface area contributed by atoms with Crippen LogP contribution in [0.4, 0.5) is 0 Å². The van der Waals surface area contributed by atoms with Crippen LogP contribution in [0, 0.1) is 5.92 Å². The monoisotopic (exact) mass is 722 g/mol. The molecule has 2 aromatic carbocycles. The van der Waals surface area contributed by atoms with Crippen molar-refractivity contribution in [3.63, 3.8) is 0 Å². The number of nitrogens with one attached hydrogen (secondary N) is 1. The van der Waals surface area contributed by atoms with E-state index in [9.17, 15) is 24.0 Å². The highest BCUT2D eigenvalue weighted by molar-refractivity contribution is 6.01. The molecule has 1 aromatic heterocycles. The van der Waals surface area contributed by atoms with Crippen molar-refractivity contribution in [2.24, 2.45) is 18.0 Å². The SMILES string of the molecule is COc1cc(-c2cn(C)c(=O)c3c2C=NC3)c(OC)cc1C(=O)N1CCN(C(=O)CN2CCC(c3ccc(CC4CCC(=O)NC4=O)cc3)CC2)CC1. The summed E-state index contributed by atoms with van der Waals surface area (Å²) in [6.45, 7) is 4.07. The number of pyridine rings is 1. The zero-order valence-corrected chi connectivity index (χ0v) is 30.6. The number of imide groups is 1. The normalized spacial score (nSPS) is 19.3. The molecule has 0 aliphatic carbocycles. The molecule has 53 heavy (non-hydrogen) atoms. The Balaban J connectivity index is 0.915. The first-order chi connectivity index (χ1) is 25.6. The number of likely N-dealkylation sites (tertiary alicyclic amines) is 1. The van der Waals surface area contributed by atoms with Gasteiger partial charge in [0.2, 0.25) is 17.7 Å². The number of aliphatic imine (C=N–C) groups is 1. The van der Waals surface area contributed by atoms with Gasteiger partial charge in [0.1, 0.15) is 11.5 Å². The number of carbonyl (C=O) groups excluding carboxylic acids is 4. The molecule has 1 atom stereocenters. The van der Waals surface area contributed by atoms with Crippen LogP contribution in [0.15, 0.2) is 52.4 Å². The summed E-state index contributed by atoms with van der Waals surface area (Å²) in [7, 11) is 4.78. The Kier molecular flexibility index (Phi) is 10.5. The maximum atomic E-state index is 13.8. The van der Waals surface area contributed by atoms with Gasteiger partial charge in [-0.15, -0.1) is 0 Å². The van der Waals surface area contributed by atoms with Crippen LogP contribution < -0.4 is 20.3 Å². The second-order valence-corrected chi connectivity index (χ2v) is 14.4. The Labute approximate surface area is 308 Å². The minimum Gasteiger partial charge on any atom is -0.496 e. The van der Waals surface area contributed by atoms with E-state index in [0.717, 1.165) is 42.6 Å². The topological polar surface area (TPSA) is 143 Å². The number of piperazine rings is 1. The number of rotatable bonds is 9. The highest BCUT2D eigenvalue weighted by Gasteiger charge is 2.31. The van der Waals surface area contributed by atoms with E-state index in [2.05, 4.69) is 39.5 Å². The Hall–Kier alpha value is -5.30. The third-order valence-corrected chi connectivity index (χ3v) is 11.2. The van der Waals surface area contributed by atoms with Crippen molar-refractivity contribution in [1.29, 1.82) is 0 Å². The molecule has 4 aliphatic heterocycles. The zero-order valence-electron chi connectivity index (χ0n) is 30.6. The molecule has 1 unspecified atom stereocenters. The van der Waals surface area contributed by atoms with Crippen LogP contribution in [-0.2, 0) is 34.4 Å². The van der Waals surface area contributed by atoms with Crippen molar-refractivity contribution in [1.82, 2.24) is 24.6 Å². The fraction of sp³-hybridized carbons (Fsp3) is 0.450. The number of hydrogen-bond acceptors (Lipinski definition) is 9. The molecule has 0 bridgehead atoms. The maximum Gasteiger partial charge on any atom is 0.257 e. The number of carbonyl (C=O) groups is 4. The van der Waals surface area contributed by atoms with Gasteiger partial charge in [-0.3, -0.25) is 39.2 Å². The number of hydrogen-bond donors (Lipinski definition) is 1. The quantitative estimate of drug-likeness (QED) is 0.333. The molecule has 4 amide bonds. The second-order valence-electron chi connectivity index (χ2n) is 14.4. The van der Waals surface area contributed by atoms with Gasteiger partial charge in [-0.25, -0.2) is 0 Å². The van der Waals surface area contributed by atoms with E-state index in [1.165, 1.54) is 17.2 Å². The van der Waals surface area contributed by atoms with Gasteiger partial charge < -0.3 is 23.8 Å². The Morgan fingerprint density at radius 1 is 0.868 bits per heavy atom. The molecule has 4 aliphatic rings. The average molecular weight is 723 g/mol. The van der Waals surface area contributed by atoms with E-state index < -0.39 is 0 Å². The molecule has 0 spiro atoms. The molecule has 3 saturated heterocycles. The molecule has 3 fully saturated rings. The predicted octanol–water partition coefficient (Wildman–Crippen LogP) is 2.76. The Bertz CT molecular complexity index is 2010. The highest BCUT2D eigenvalue weighted by Crippen LogP contribution is 2.39. The van der Waals surface area contributed by atoms with Gasteiger partial charge in [-0.05, 0) is 68.0 Å². The van der Waals surface area contributed by atoms with Crippen molar-refractivity contribution < 1.29 is 28.7 Å². The third-order valence-electron chi connectivity index (χ3n) is 11.2. The summed E-state index contributed by atoms with van der Waals surface area (Å²) >= 11 is 0. The van der Waals surface area contributed by atoms with E-state index in [-0.39, 0.29) is 35.1 Å². The first-order valence-electron chi connectivity index (χ1n) is 18.3. The molecule has 13 heteroatoms. The lowest BCUT2D eigenvalue weighted by molar-refractivity contribution is -0.136. The summed E-state index contributed by atoms with van der Waals surface area (Å²) in [5.41, 5.74) is 5.48. The predicted molar refractivity (Wildman–Crippen MR) is 198 cm³/mol. The summed E-state index contributed by atoms with van der Waals surface area (Å²) < 4.78 is 13.0. The lowest BCUT2D eigenvalue weighted by Gasteiger charge is -2.37. The highest BCUT2D eigenvalue weighted by atomic mass is 16.5. The summed E-state index contributed by atoms with van der Waals surface area (Å²) in [5, 5.41) is 2.44. The Morgan fingerprint density at radius 3 is 2.25 bits per heavy atom. The van der Waals surface area contributed by atoms with Gasteiger partial charge in [0.05, 0.1) is 32.9 Å². The minimum absolute atomic E-state index is 0.0743. The van der Waals surface area contributed by atoms with Gasteiger partial charge in [0.25, 0.3) is 11.5 Å². The van der Waals surface area contributed by atoms with Crippen molar-refractivity contribution in [2.75, 3.05) is 60.0 Å². The Morgan fingerprint density at radius 2 is 1.57 bits per heavy atom. The summed E-state index contributed by atoms with van der Waals surface area (Å²) in [6, 6.07) is 12.0. The summed E-state index contributed by atoms with van der Waals surface area (Å²) in [5.74, 6) is 0.646. The van der Waals surface area contributed by atoms with Crippen molar-refractivity contribution >= 4 is 29.8 Å². The van der Waals surface area contributed by atoms with Crippen LogP contribution in [0.2, 0.25) is 0 Å². The first-order valence-corrected chi connectivity index (χ1v) is 18.3. The van der Waals surface area contributed by atoms with E-state index in [1.807, 2.05) is 4.90 Å². The molecule has 5 heterocycles. The molecule has 13 nitrogen and oxygen atoms in total. The number of nitrogens with zero attached hydrogens (tertiary/aromatic N) is 5. The lowest BCUT2D eigenvalue weighted by atomic mass is 9.87. The molecule has 3 aromatic rings. The van der Waals surface area contributed by atoms with Crippen molar-refractivity contribution in [3.8, 4) is 22.6 Å². The third kappa shape index (κ3) is 7.48. The standard InChI is InChI=1S/C40H46N6O7/c1-43-23-33(31-21-41-22-32(31)39(43)50)29-19-35(53-3)30(20-34(29)52-2)40(51)46-16-14-45(15-17-46)37(48)24-44-12-10-27(11-13-44)26-6-4-25(5-7-26)18-28-8-9-36(47)42-38(28)49/h4-7,19-21,23,27-28H,8-18,22,24H2,1-3H3,(H,42,47,49). The molecular weight excluding hydrogens is 676 g/mol. The molecular formula is C40H46N6O7. The number of ether oxygens (including phenoxy) is 2. The van der Waals surface area contributed by atoms with Crippen LogP contribution in [0.5, 0.6) is 11.5 Å². The number of piperidine rings is 2. The number of benzene rings is 2. The number of aryl methyl sites for hydroxylation is 1. The van der Waals surface area contributed by atoms with Crippen molar-refractivity contribution in [2.45, 2.75) is 44.6 Å². The van der Waals surface area contributed by atoms with Gasteiger partial charge >= 0.3 is 0 Å². The van der Waals surface area contributed by atoms with E-state index in [0.29, 0.717) is 92.6 Å². The fourth-order valence-electron chi connectivity index (χ4n) is 8.02. The number of fused-ring (bicyclic) bond motifs is 1. The van der Waals surface area contributed by atoms with Gasteiger partial charge in [0, 0.05) is 80.2 Å². The van der Waals surface area contributed by atoms with E-state index in [1.54, 1.807) is 43.6 Å². The zero-order chi connectivity index (χ0) is 37.2. The lowest BCUT2D eigenvalue weighted by Crippen LogP contribution is -2.53. The van der Waals surface area contributed by atoms with Crippen LogP contribution in [0.25, 0.3) is 11.1 Å². The maximum absolute atomic E-state index is 13.8.